The van der Waals surface area contributed by atoms with Gasteiger partial charge in [-0.1, -0.05) is 5.16 Å². The molecule has 0 bridgehead atoms. The Morgan fingerprint density at radius 2 is 2.36 bits per heavy atom. The van der Waals surface area contributed by atoms with Crippen LogP contribution in [0.4, 0.5) is 0 Å². The number of aryl methyl sites for hydroxylation is 1. The van der Waals surface area contributed by atoms with Crippen molar-refractivity contribution in [1.82, 2.24) is 14.9 Å². The van der Waals surface area contributed by atoms with Gasteiger partial charge < -0.3 is 4.52 Å². The third-order valence-corrected chi connectivity index (χ3v) is 2.49. The number of nitrogens with zero attached hydrogens (tertiary/aromatic N) is 3. The molecule has 1 saturated carbocycles. The minimum absolute atomic E-state index is 0.635. The van der Waals surface area contributed by atoms with Crippen molar-refractivity contribution in [2.75, 3.05) is 0 Å². The summed E-state index contributed by atoms with van der Waals surface area (Å²) in [6.45, 7) is 0. The van der Waals surface area contributed by atoms with E-state index in [4.69, 9.17) is 4.52 Å². The van der Waals surface area contributed by atoms with Crippen molar-refractivity contribution in [2.45, 2.75) is 18.8 Å². The molecule has 2 aromatic rings. The lowest BCUT2D eigenvalue weighted by molar-refractivity contribution is 0.422. The second kappa shape index (κ2) is 2.70. The number of rotatable bonds is 2. The highest BCUT2D eigenvalue weighted by molar-refractivity contribution is 5.51. The van der Waals surface area contributed by atoms with Crippen molar-refractivity contribution in [1.29, 1.82) is 0 Å². The van der Waals surface area contributed by atoms with Crippen molar-refractivity contribution in [3.05, 3.63) is 24.0 Å². The molecule has 72 valence electrons. The van der Waals surface area contributed by atoms with Crippen LogP contribution >= 0.6 is 0 Å². The largest absolute Gasteiger partial charge is 0.354 e. The standard InChI is InChI=1S/C10H11N3O/c1-13-5-4-8(11-13)10-6-9(12-14-10)7-2-3-7/h4-7H,2-3H2,1H3. The van der Waals surface area contributed by atoms with E-state index in [0.29, 0.717) is 5.92 Å². The zero-order valence-electron chi connectivity index (χ0n) is 7.97. The molecule has 0 atom stereocenters. The first-order valence-corrected chi connectivity index (χ1v) is 4.79. The fraction of sp³-hybridized carbons (Fsp3) is 0.400. The molecule has 14 heavy (non-hydrogen) atoms. The minimum atomic E-state index is 0.635. The maximum atomic E-state index is 5.24. The van der Waals surface area contributed by atoms with Crippen LogP contribution in [0, 0.1) is 0 Å². The number of aromatic nitrogens is 3. The summed E-state index contributed by atoms with van der Waals surface area (Å²) in [5.74, 6) is 1.41. The van der Waals surface area contributed by atoms with E-state index < -0.39 is 0 Å². The molecule has 0 spiro atoms. The van der Waals surface area contributed by atoms with Gasteiger partial charge in [-0.15, -0.1) is 0 Å². The summed E-state index contributed by atoms with van der Waals surface area (Å²) < 4.78 is 7.00. The smallest absolute Gasteiger partial charge is 0.187 e. The Morgan fingerprint density at radius 3 is 3.00 bits per heavy atom. The van der Waals surface area contributed by atoms with Gasteiger partial charge in [0, 0.05) is 25.2 Å². The van der Waals surface area contributed by atoms with Gasteiger partial charge in [0.1, 0.15) is 5.69 Å². The van der Waals surface area contributed by atoms with E-state index >= 15 is 0 Å². The monoisotopic (exact) mass is 189 g/mol. The lowest BCUT2D eigenvalue weighted by Crippen LogP contribution is -1.86. The Kier molecular flexibility index (Phi) is 1.50. The first-order chi connectivity index (χ1) is 6.83. The molecule has 1 aliphatic rings. The Bertz CT molecular complexity index is 453. The summed E-state index contributed by atoms with van der Waals surface area (Å²) in [5, 5.41) is 8.30. The van der Waals surface area contributed by atoms with E-state index in [1.54, 1.807) is 4.68 Å². The van der Waals surface area contributed by atoms with Crippen LogP contribution in [0.25, 0.3) is 11.5 Å². The third-order valence-electron chi connectivity index (χ3n) is 2.49. The number of hydrogen-bond acceptors (Lipinski definition) is 3. The Balaban J connectivity index is 1.95. The van der Waals surface area contributed by atoms with Gasteiger partial charge in [-0.05, 0) is 18.9 Å². The molecule has 2 aromatic heterocycles. The minimum Gasteiger partial charge on any atom is -0.354 e. The molecule has 0 saturated heterocycles. The predicted molar refractivity (Wildman–Crippen MR) is 50.7 cm³/mol. The van der Waals surface area contributed by atoms with Crippen LogP contribution in [0.1, 0.15) is 24.5 Å². The van der Waals surface area contributed by atoms with Crippen LogP contribution in [0.5, 0.6) is 0 Å². The van der Waals surface area contributed by atoms with Crippen LogP contribution in [0.15, 0.2) is 22.9 Å². The molecule has 0 radical (unpaired) electrons. The Hall–Kier alpha value is -1.58. The summed E-state index contributed by atoms with van der Waals surface area (Å²) in [5.41, 5.74) is 1.93. The highest BCUT2D eigenvalue weighted by atomic mass is 16.5. The van der Waals surface area contributed by atoms with Crippen molar-refractivity contribution in [3.63, 3.8) is 0 Å². The summed E-state index contributed by atoms with van der Waals surface area (Å²) in [7, 11) is 1.89. The van der Waals surface area contributed by atoms with Gasteiger partial charge >= 0.3 is 0 Å². The Morgan fingerprint density at radius 1 is 1.50 bits per heavy atom. The van der Waals surface area contributed by atoms with Gasteiger partial charge in [0.05, 0.1) is 5.69 Å². The topological polar surface area (TPSA) is 43.9 Å². The lowest BCUT2D eigenvalue weighted by atomic mass is 10.2. The molecular weight excluding hydrogens is 178 g/mol. The average Bonchev–Trinajstić information content (AvgIpc) is 2.76. The van der Waals surface area contributed by atoms with Crippen LogP contribution in [-0.4, -0.2) is 14.9 Å². The molecule has 2 heterocycles. The van der Waals surface area contributed by atoms with Gasteiger partial charge in [-0.2, -0.15) is 5.10 Å². The van der Waals surface area contributed by atoms with Gasteiger partial charge in [-0.3, -0.25) is 4.68 Å². The molecule has 0 amide bonds. The van der Waals surface area contributed by atoms with E-state index in [0.717, 1.165) is 17.1 Å². The molecule has 0 aliphatic heterocycles. The first-order valence-electron chi connectivity index (χ1n) is 4.79. The summed E-state index contributed by atoms with van der Waals surface area (Å²) in [6, 6.07) is 3.93. The van der Waals surface area contributed by atoms with E-state index in [1.165, 1.54) is 12.8 Å². The molecule has 4 nitrogen and oxygen atoms in total. The third kappa shape index (κ3) is 1.23. The maximum absolute atomic E-state index is 5.24. The summed E-state index contributed by atoms with van der Waals surface area (Å²) in [4.78, 5) is 0. The van der Waals surface area contributed by atoms with Gasteiger partial charge in [-0.25, -0.2) is 0 Å². The highest BCUT2D eigenvalue weighted by Crippen LogP contribution is 2.40. The van der Waals surface area contributed by atoms with Crippen LogP contribution < -0.4 is 0 Å². The predicted octanol–water partition coefficient (Wildman–Crippen LogP) is 1.95. The zero-order valence-corrected chi connectivity index (χ0v) is 7.97. The quantitative estimate of drug-likeness (QED) is 0.725. The molecule has 0 N–H and O–H groups in total. The second-order valence-corrected chi connectivity index (χ2v) is 3.76. The highest BCUT2D eigenvalue weighted by Gasteiger charge is 2.27. The maximum Gasteiger partial charge on any atom is 0.187 e. The Labute approximate surface area is 81.5 Å². The van der Waals surface area contributed by atoms with E-state index in [9.17, 15) is 0 Å². The molecule has 3 rings (SSSR count). The van der Waals surface area contributed by atoms with E-state index in [-0.39, 0.29) is 0 Å². The van der Waals surface area contributed by atoms with Crippen molar-refractivity contribution in [2.24, 2.45) is 7.05 Å². The normalized spacial score (nSPS) is 16.1. The molecular formula is C10H11N3O. The average molecular weight is 189 g/mol. The van der Waals surface area contributed by atoms with Gasteiger partial charge in [0.25, 0.3) is 0 Å². The van der Waals surface area contributed by atoms with E-state index in [2.05, 4.69) is 10.3 Å². The zero-order chi connectivity index (χ0) is 9.54. The second-order valence-electron chi connectivity index (χ2n) is 3.76. The molecule has 0 unspecified atom stereocenters. The summed E-state index contributed by atoms with van der Waals surface area (Å²) >= 11 is 0. The fourth-order valence-electron chi connectivity index (χ4n) is 1.53. The van der Waals surface area contributed by atoms with Crippen molar-refractivity contribution in [3.8, 4) is 11.5 Å². The van der Waals surface area contributed by atoms with Crippen LogP contribution in [0.2, 0.25) is 0 Å². The molecule has 1 aliphatic carbocycles. The molecule has 0 aromatic carbocycles. The molecule has 1 fully saturated rings. The summed E-state index contributed by atoms with van der Waals surface area (Å²) in [6.07, 6.45) is 4.39. The van der Waals surface area contributed by atoms with E-state index in [1.807, 2.05) is 25.4 Å². The van der Waals surface area contributed by atoms with Crippen molar-refractivity contribution >= 4 is 0 Å². The van der Waals surface area contributed by atoms with Crippen LogP contribution in [0.3, 0.4) is 0 Å². The lowest BCUT2D eigenvalue weighted by Gasteiger charge is -1.85. The number of hydrogen-bond donors (Lipinski definition) is 0. The molecule has 4 heteroatoms. The first kappa shape index (κ1) is 7.79. The van der Waals surface area contributed by atoms with Crippen LogP contribution in [-0.2, 0) is 7.05 Å². The van der Waals surface area contributed by atoms with Gasteiger partial charge in [0.2, 0.25) is 0 Å². The fourth-order valence-corrected chi connectivity index (χ4v) is 1.53. The van der Waals surface area contributed by atoms with Crippen molar-refractivity contribution < 1.29 is 4.52 Å². The SMILES string of the molecule is Cn1ccc(-c2cc(C3CC3)no2)n1. The van der Waals surface area contributed by atoms with Gasteiger partial charge in [0.15, 0.2) is 5.76 Å².